The van der Waals surface area contributed by atoms with Crippen LogP contribution in [0.4, 0.5) is 10.8 Å². The molecular weight excluding hydrogens is 224 g/mol. The summed E-state index contributed by atoms with van der Waals surface area (Å²) in [7, 11) is 1.68. The van der Waals surface area contributed by atoms with Gasteiger partial charge < -0.3 is 15.4 Å². The summed E-state index contributed by atoms with van der Waals surface area (Å²) in [6.45, 7) is 1.44. The van der Waals surface area contributed by atoms with Gasteiger partial charge in [-0.1, -0.05) is 0 Å². The van der Waals surface area contributed by atoms with Crippen LogP contribution in [0.25, 0.3) is 0 Å². The van der Waals surface area contributed by atoms with Crippen LogP contribution in [-0.2, 0) is 4.74 Å². The summed E-state index contributed by atoms with van der Waals surface area (Å²) in [5.41, 5.74) is 6.17. The molecule has 2 N–H and O–H groups in total. The SMILES string of the molecule is COCCN(c1snc(N)c1C#N)C1CC1. The van der Waals surface area contributed by atoms with E-state index in [1.807, 2.05) is 0 Å². The highest BCUT2D eigenvalue weighted by Gasteiger charge is 2.32. The molecule has 0 unspecified atom stereocenters. The van der Waals surface area contributed by atoms with E-state index in [1.165, 1.54) is 24.4 Å². The molecule has 0 aliphatic heterocycles. The second-order valence-corrected chi connectivity index (χ2v) is 4.53. The fraction of sp³-hybridized carbons (Fsp3) is 0.600. The average molecular weight is 238 g/mol. The van der Waals surface area contributed by atoms with Gasteiger partial charge in [0.25, 0.3) is 0 Å². The van der Waals surface area contributed by atoms with Crippen molar-refractivity contribution in [1.29, 1.82) is 5.26 Å². The third kappa shape index (κ3) is 2.10. The van der Waals surface area contributed by atoms with Crippen molar-refractivity contribution in [1.82, 2.24) is 4.37 Å². The second-order valence-electron chi connectivity index (χ2n) is 3.78. The Kier molecular flexibility index (Phi) is 3.27. The first kappa shape index (κ1) is 11.2. The number of anilines is 2. The smallest absolute Gasteiger partial charge is 0.157 e. The summed E-state index contributed by atoms with van der Waals surface area (Å²) >= 11 is 1.30. The van der Waals surface area contributed by atoms with Crippen LogP contribution in [0, 0.1) is 11.3 Å². The van der Waals surface area contributed by atoms with E-state index >= 15 is 0 Å². The Morgan fingerprint density at radius 1 is 1.69 bits per heavy atom. The third-order valence-electron chi connectivity index (χ3n) is 2.60. The van der Waals surface area contributed by atoms with E-state index in [0.29, 0.717) is 24.0 Å². The molecule has 0 saturated heterocycles. The number of hydrogen-bond acceptors (Lipinski definition) is 6. The zero-order chi connectivity index (χ0) is 11.5. The molecule has 1 aliphatic carbocycles. The van der Waals surface area contributed by atoms with Gasteiger partial charge in [-0.15, -0.1) is 0 Å². The van der Waals surface area contributed by atoms with Crippen LogP contribution >= 0.6 is 11.5 Å². The molecule has 1 aromatic rings. The summed E-state index contributed by atoms with van der Waals surface area (Å²) in [6.07, 6.45) is 2.35. The predicted molar refractivity (Wildman–Crippen MR) is 63.5 cm³/mol. The molecular formula is C10H14N4OS. The Hall–Kier alpha value is -1.32. The number of ether oxygens (including phenoxy) is 1. The van der Waals surface area contributed by atoms with Crippen LogP contribution in [0.15, 0.2) is 0 Å². The lowest BCUT2D eigenvalue weighted by Gasteiger charge is -2.22. The van der Waals surface area contributed by atoms with Crippen LogP contribution in [0.2, 0.25) is 0 Å². The minimum atomic E-state index is 0.338. The first-order valence-corrected chi connectivity index (χ1v) is 5.96. The highest BCUT2D eigenvalue weighted by atomic mass is 32.1. The van der Waals surface area contributed by atoms with Gasteiger partial charge in [-0.2, -0.15) is 9.64 Å². The minimum absolute atomic E-state index is 0.338. The van der Waals surface area contributed by atoms with Crippen molar-refractivity contribution < 1.29 is 4.74 Å². The van der Waals surface area contributed by atoms with E-state index in [2.05, 4.69) is 15.3 Å². The number of nitrogens with two attached hydrogens (primary N) is 1. The number of aromatic nitrogens is 1. The molecule has 1 saturated carbocycles. The first-order chi connectivity index (χ1) is 7.77. The van der Waals surface area contributed by atoms with Crippen molar-refractivity contribution in [3.05, 3.63) is 5.56 Å². The molecule has 0 bridgehead atoms. The molecule has 1 fully saturated rings. The quantitative estimate of drug-likeness (QED) is 0.834. The minimum Gasteiger partial charge on any atom is -0.383 e. The zero-order valence-corrected chi connectivity index (χ0v) is 9.96. The Bertz CT molecular complexity index is 407. The maximum absolute atomic E-state index is 9.04. The van der Waals surface area contributed by atoms with Gasteiger partial charge in [0.2, 0.25) is 0 Å². The van der Waals surface area contributed by atoms with Crippen LogP contribution < -0.4 is 10.6 Å². The van der Waals surface area contributed by atoms with Crippen molar-refractivity contribution in [3.8, 4) is 6.07 Å². The number of nitrogens with zero attached hydrogens (tertiary/aromatic N) is 3. The molecule has 0 aromatic carbocycles. The summed E-state index contributed by atoms with van der Waals surface area (Å²) in [6, 6.07) is 2.65. The standard InChI is InChI=1S/C10H14N4OS/c1-15-5-4-14(7-2-3-7)10-8(6-11)9(12)13-16-10/h7H,2-5H2,1H3,(H2,12,13). The van der Waals surface area contributed by atoms with Crippen LogP contribution in [-0.4, -0.2) is 30.7 Å². The summed E-state index contributed by atoms with van der Waals surface area (Å²) in [5.74, 6) is 0.338. The van der Waals surface area contributed by atoms with Gasteiger partial charge in [0.05, 0.1) is 6.61 Å². The van der Waals surface area contributed by atoms with Gasteiger partial charge in [-0.3, -0.25) is 0 Å². The Labute approximate surface area is 98.6 Å². The topological polar surface area (TPSA) is 75.2 Å². The van der Waals surface area contributed by atoms with Crippen molar-refractivity contribution >= 4 is 22.4 Å². The van der Waals surface area contributed by atoms with E-state index in [1.54, 1.807) is 7.11 Å². The Morgan fingerprint density at radius 3 is 3.00 bits per heavy atom. The van der Waals surface area contributed by atoms with E-state index in [9.17, 15) is 0 Å². The van der Waals surface area contributed by atoms with Gasteiger partial charge in [0.15, 0.2) is 5.82 Å². The first-order valence-electron chi connectivity index (χ1n) is 5.18. The normalized spacial score (nSPS) is 14.8. The van der Waals surface area contributed by atoms with E-state index in [-0.39, 0.29) is 0 Å². The molecule has 0 radical (unpaired) electrons. The van der Waals surface area contributed by atoms with Crippen LogP contribution in [0.5, 0.6) is 0 Å². The van der Waals surface area contributed by atoms with Crippen molar-refractivity contribution in [2.45, 2.75) is 18.9 Å². The number of nitrogen functional groups attached to an aromatic ring is 1. The van der Waals surface area contributed by atoms with E-state index < -0.39 is 0 Å². The lowest BCUT2D eigenvalue weighted by atomic mass is 10.3. The number of rotatable bonds is 5. The number of nitriles is 1. The molecule has 0 spiro atoms. The molecule has 1 aromatic heterocycles. The second kappa shape index (κ2) is 4.68. The van der Waals surface area contributed by atoms with Crippen molar-refractivity contribution in [3.63, 3.8) is 0 Å². The van der Waals surface area contributed by atoms with E-state index in [0.717, 1.165) is 11.5 Å². The monoisotopic (exact) mass is 238 g/mol. The molecule has 1 heterocycles. The number of hydrogen-bond donors (Lipinski definition) is 1. The summed E-state index contributed by atoms with van der Waals surface area (Å²) in [5, 5.41) is 9.93. The molecule has 0 atom stereocenters. The fourth-order valence-electron chi connectivity index (χ4n) is 1.62. The molecule has 0 amide bonds. The average Bonchev–Trinajstić information content (AvgIpc) is 3.04. The third-order valence-corrected chi connectivity index (χ3v) is 3.50. The maximum Gasteiger partial charge on any atom is 0.157 e. The van der Waals surface area contributed by atoms with Crippen molar-refractivity contribution in [2.24, 2.45) is 0 Å². The highest BCUT2D eigenvalue weighted by molar-refractivity contribution is 7.10. The van der Waals surface area contributed by atoms with Crippen LogP contribution in [0.3, 0.4) is 0 Å². The predicted octanol–water partition coefficient (Wildman–Crippen LogP) is 1.21. The van der Waals surface area contributed by atoms with Gasteiger partial charge in [-0.05, 0) is 24.4 Å². The molecule has 86 valence electrons. The van der Waals surface area contributed by atoms with Gasteiger partial charge >= 0.3 is 0 Å². The molecule has 1 aliphatic rings. The van der Waals surface area contributed by atoms with Gasteiger partial charge in [0, 0.05) is 19.7 Å². The van der Waals surface area contributed by atoms with Crippen LogP contribution in [0.1, 0.15) is 18.4 Å². The lowest BCUT2D eigenvalue weighted by Crippen LogP contribution is -2.29. The lowest BCUT2D eigenvalue weighted by molar-refractivity contribution is 0.205. The highest BCUT2D eigenvalue weighted by Crippen LogP contribution is 2.37. The molecule has 2 rings (SSSR count). The van der Waals surface area contributed by atoms with Crippen molar-refractivity contribution in [2.75, 3.05) is 30.9 Å². The Balaban J connectivity index is 2.21. The molecule has 16 heavy (non-hydrogen) atoms. The summed E-state index contributed by atoms with van der Waals surface area (Å²) < 4.78 is 9.12. The van der Waals surface area contributed by atoms with Gasteiger partial charge in [-0.25, -0.2) is 0 Å². The zero-order valence-electron chi connectivity index (χ0n) is 9.14. The maximum atomic E-state index is 9.04. The largest absolute Gasteiger partial charge is 0.383 e. The van der Waals surface area contributed by atoms with E-state index in [4.69, 9.17) is 15.7 Å². The molecule has 5 nitrogen and oxygen atoms in total. The summed E-state index contributed by atoms with van der Waals surface area (Å²) in [4.78, 5) is 2.19. The Morgan fingerprint density at radius 2 is 2.44 bits per heavy atom. The number of methoxy groups -OCH3 is 1. The van der Waals surface area contributed by atoms with Gasteiger partial charge in [0.1, 0.15) is 16.6 Å². The molecule has 6 heteroatoms. The fourth-order valence-corrected chi connectivity index (χ4v) is 2.48.